The van der Waals surface area contributed by atoms with Gasteiger partial charge >= 0.3 is 0 Å². The molecule has 0 amide bonds. The number of para-hydroxylation sites is 6. The second-order valence-electron chi connectivity index (χ2n) is 16.8. The lowest BCUT2D eigenvalue weighted by molar-refractivity contribution is 1.17. The molecule has 6 heterocycles. The molecule has 60 heavy (non-hydrogen) atoms. The van der Waals surface area contributed by atoms with Crippen molar-refractivity contribution in [2.75, 3.05) is 9.80 Å². The summed E-state index contributed by atoms with van der Waals surface area (Å²) in [5.74, 6) is 0. The summed E-state index contributed by atoms with van der Waals surface area (Å²) in [6, 6.07) is 72.7. The van der Waals surface area contributed by atoms with Gasteiger partial charge < -0.3 is 18.9 Å². The van der Waals surface area contributed by atoms with Gasteiger partial charge in [-0.05, 0) is 106 Å². The van der Waals surface area contributed by atoms with Gasteiger partial charge in [0.2, 0.25) is 0 Å². The molecule has 4 nitrogen and oxygen atoms in total. The Morgan fingerprint density at radius 2 is 0.650 bits per heavy atom. The first kappa shape index (κ1) is 31.3. The lowest BCUT2D eigenvalue weighted by atomic mass is 9.34. The van der Waals surface area contributed by atoms with E-state index < -0.39 is 0 Å². The summed E-state index contributed by atoms with van der Waals surface area (Å²) in [4.78, 5) is 4.96. The molecule has 0 unspecified atom stereocenters. The summed E-state index contributed by atoms with van der Waals surface area (Å²) in [7, 11) is 0. The van der Waals surface area contributed by atoms with Gasteiger partial charge in [0.1, 0.15) is 0 Å². The Morgan fingerprint density at radius 1 is 0.283 bits per heavy atom. The van der Waals surface area contributed by atoms with Crippen molar-refractivity contribution in [3.8, 4) is 11.4 Å². The van der Waals surface area contributed by atoms with Crippen molar-refractivity contribution in [3.05, 3.63) is 194 Å². The second kappa shape index (κ2) is 11.1. The van der Waals surface area contributed by atoms with Gasteiger partial charge in [0, 0.05) is 67.0 Å². The van der Waals surface area contributed by atoms with Crippen molar-refractivity contribution < 1.29 is 0 Å². The molecule has 0 radical (unpaired) electrons. The molecule has 9 aromatic carbocycles. The summed E-state index contributed by atoms with van der Waals surface area (Å²) in [6.45, 7) is 0.238. The molecule has 0 saturated carbocycles. The third kappa shape index (κ3) is 3.68. The average molecular weight is 759 g/mol. The monoisotopic (exact) mass is 758 g/mol. The van der Waals surface area contributed by atoms with Gasteiger partial charge in [0.25, 0.3) is 13.4 Å². The van der Waals surface area contributed by atoms with E-state index in [2.05, 4.69) is 213 Å². The highest BCUT2D eigenvalue weighted by Gasteiger charge is 2.44. The summed E-state index contributed by atoms with van der Waals surface area (Å²) < 4.78 is 5.19. The Labute approximate surface area is 346 Å². The number of hydrogen-bond donors (Lipinski definition) is 0. The van der Waals surface area contributed by atoms with E-state index in [4.69, 9.17) is 0 Å². The van der Waals surface area contributed by atoms with Gasteiger partial charge in [-0.2, -0.15) is 0 Å². The summed E-state index contributed by atoms with van der Waals surface area (Å²) in [6.07, 6.45) is 0. The minimum absolute atomic E-state index is 0.119. The zero-order chi connectivity index (χ0) is 38.8. The molecule has 0 N–H and O–H groups in total. The Morgan fingerprint density at radius 3 is 1.08 bits per heavy atom. The molecule has 0 atom stereocenters. The fourth-order valence-corrected chi connectivity index (χ4v) is 11.9. The Kier molecular flexibility index (Phi) is 5.78. The lowest BCUT2D eigenvalue weighted by Crippen LogP contribution is -2.60. The summed E-state index contributed by atoms with van der Waals surface area (Å²) in [5, 5.41) is 5.18. The standard InChI is InChI=1S/C54H32B2N4/c1-3-15-33(16-4-1)57-43-23-11-7-19-39(43)55-41-21-9-13-25-45(41)59-49-32-50-38(31-37(49)35-27-29-47(57)51(55)53(35)59)36-28-30-48-52-54(36)60(50)46-26-14-10-22-42(46)56(52)40-20-8-12-24-44(40)58(48)34-17-5-2-6-18-34/h1-32H. The van der Waals surface area contributed by atoms with Crippen LogP contribution in [0.25, 0.3) is 55.0 Å². The fourth-order valence-electron chi connectivity index (χ4n) is 11.9. The molecule has 0 aliphatic carbocycles. The maximum absolute atomic E-state index is 2.59. The predicted molar refractivity (Wildman–Crippen MR) is 254 cm³/mol. The van der Waals surface area contributed by atoms with E-state index in [0.29, 0.717) is 0 Å². The molecule has 4 aliphatic rings. The minimum Gasteiger partial charge on any atom is -0.311 e. The van der Waals surface area contributed by atoms with Crippen LogP contribution in [-0.4, -0.2) is 22.6 Å². The molecule has 6 heteroatoms. The first-order valence-corrected chi connectivity index (χ1v) is 21.0. The normalized spacial score (nSPS) is 13.9. The number of fused-ring (bicyclic) bond motifs is 16. The van der Waals surface area contributed by atoms with Crippen LogP contribution in [0.1, 0.15) is 0 Å². The number of rotatable bonds is 2. The summed E-state index contributed by atoms with van der Waals surface area (Å²) >= 11 is 0. The first-order valence-electron chi connectivity index (χ1n) is 21.0. The number of aromatic nitrogens is 2. The Hall–Kier alpha value is -7.69. The number of hydrogen-bond acceptors (Lipinski definition) is 2. The lowest BCUT2D eigenvalue weighted by Gasteiger charge is -2.40. The van der Waals surface area contributed by atoms with E-state index >= 15 is 0 Å². The van der Waals surface area contributed by atoms with Crippen molar-refractivity contribution >= 4 is 124 Å². The van der Waals surface area contributed by atoms with Crippen molar-refractivity contribution in [2.24, 2.45) is 0 Å². The quantitative estimate of drug-likeness (QED) is 0.164. The molecular formula is C54H32B2N4. The number of nitrogens with zero attached hydrogens (tertiary/aromatic N) is 4. The smallest absolute Gasteiger partial charge is 0.252 e. The van der Waals surface area contributed by atoms with Crippen molar-refractivity contribution in [1.29, 1.82) is 0 Å². The van der Waals surface area contributed by atoms with Gasteiger partial charge in [-0.1, -0.05) is 121 Å². The van der Waals surface area contributed by atoms with Gasteiger partial charge in [-0.15, -0.1) is 0 Å². The zero-order valence-electron chi connectivity index (χ0n) is 32.4. The maximum atomic E-state index is 2.59. The van der Waals surface area contributed by atoms with Gasteiger partial charge in [-0.25, -0.2) is 0 Å². The molecule has 274 valence electrons. The highest BCUT2D eigenvalue weighted by Crippen LogP contribution is 2.46. The highest BCUT2D eigenvalue weighted by atomic mass is 15.2. The molecule has 2 aromatic heterocycles. The van der Waals surface area contributed by atoms with E-state index in [-0.39, 0.29) is 13.4 Å². The van der Waals surface area contributed by atoms with Gasteiger partial charge in [0.15, 0.2) is 0 Å². The van der Waals surface area contributed by atoms with Crippen LogP contribution in [0.5, 0.6) is 0 Å². The van der Waals surface area contributed by atoms with E-state index in [1.807, 2.05) is 0 Å². The minimum atomic E-state index is 0.119. The Bertz CT molecular complexity index is 3460. The molecule has 11 aromatic rings. The second-order valence-corrected chi connectivity index (χ2v) is 16.8. The van der Waals surface area contributed by atoms with Gasteiger partial charge in [-0.3, -0.25) is 0 Å². The van der Waals surface area contributed by atoms with E-state index in [1.165, 1.54) is 122 Å². The van der Waals surface area contributed by atoms with Crippen molar-refractivity contribution in [1.82, 2.24) is 9.13 Å². The van der Waals surface area contributed by atoms with Gasteiger partial charge in [0.05, 0.1) is 22.1 Å². The zero-order valence-corrected chi connectivity index (χ0v) is 32.4. The molecular weight excluding hydrogens is 726 g/mol. The van der Waals surface area contributed by atoms with E-state index in [9.17, 15) is 0 Å². The number of benzene rings is 9. The topological polar surface area (TPSA) is 16.3 Å². The van der Waals surface area contributed by atoms with Crippen LogP contribution >= 0.6 is 0 Å². The van der Waals surface area contributed by atoms with Crippen LogP contribution in [0.4, 0.5) is 34.1 Å². The molecule has 15 rings (SSSR count). The van der Waals surface area contributed by atoms with E-state index in [1.54, 1.807) is 0 Å². The third-order valence-corrected chi connectivity index (χ3v) is 14.1. The van der Waals surface area contributed by atoms with Crippen LogP contribution < -0.4 is 42.6 Å². The van der Waals surface area contributed by atoms with Crippen LogP contribution in [0, 0.1) is 0 Å². The summed E-state index contributed by atoms with van der Waals surface area (Å²) in [5.41, 5.74) is 23.1. The van der Waals surface area contributed by atoms with Crippen LogP contribution in [-0.2, 0) is 0 Å². The highest BCUT2D eigenvalue weighted by molar-refractivity contribution is 7.01. The molecule has 0 bridgehead atoms. The predicted octanol–water partition coefficient (Wildman–Crippen LogP) is 9.11. The van der Waals surface area contributed by atoms with Crippen molar-refractivity contribution in [2.45, 2.75) is 0 Å². The molecule has 4 aliphatic heterocycles. The molecule has 0 saturated heterocycles. The van der Waals surface area contributed by atoms with Crippen LogP contribution in [0.2, 0.25) is 0 Å². The molecule has 0 spiro atoms. The van der Waals surface area contributed by atoms with Crippen LogP contribution in [0.15, 0.2) is 194 Å². The maximum Gasteiger partial charge on any atom is 0.252 e. The van der Waals surface area contributed by atoms with E-state index in [0.717, 1.165) is 0 Å². The molecule has 0 fully saturated rings. The Balaban J connectivity index is 1.08. The third-order valence-electron chi connectivity index (χ3n) is 14.1. The first-order chi connectivity index (χ1) is 29.8. The fraction of sp³-hybridized carbons (Fsp3) is 0. The van der Waals surface area contributed by atoms with Crippen LogP contribution in [0.3, 0.4) is 0 Å². The SMILES string of the molecule is c1ccc(N2c3ccccc3B3c4ccccc4-n4c5cc6c(cc5c5ccc2c3c54)c2ccc3c4c2n6-c2ccccc2B4c2ccccc2N3c2ccccc2)cc1. The number of anilines is 6. The largest absolute Gasteiger partial charge is 0.311 e. The van der Waals surface area contributed by atoms with Crippen molar-refractivity contribution in [3.63, 3.8) is 0 Å². The average Bonchev–Trinajstić information content (AvgIpc) is 3.82.